The molecule has 1 N–H and O–H groups in total. The first kappa shape index (κ1) is 12.0. The van der Waals surface area contributed by atoms with Crippen LogP contribution in [-0.4, -0.2) is 10.7 Å². The molecule has 11 heavy (non-hydrogen) atoms. The van der Waals surface area contributed by atoms with E-state index in [1.54, 1.807) is 0 Å². The summed E-state index contributed by atoms with van der Waals surface area (Å²) < 4.78 is 0. The number of rotatable bonds is 1. The maximum atomic E-state index is 9.64. The molecule has 0 heterocycles. The summed E-state index contributed by atoms with van der Waals surface area (Å²) in [6, 6.07) is 0. The van der Waals surface area contributed by atoms with Crippen LogP contribution in [0.1, 0.15) is 46.0 Å². The Balaban J connectivity index is 0.000001000. The SMILES string of the molecule is CC(C)(O)C1CCCCC1.[U]. The molecule has 1 aliphatic rings. The molecule has 0 radical (unpaired) electrons. The van der Waals surface area contributed by atoms with Crippen LogP contribution in [0.4, 0.5) is 0 Å². The van der Waals surface area contributed by atoms with E-state index in [0.29, 0.717) is 5.92 Å². The Labute approximate surface area is 93.3 Å². The molecule has 1 rings (SSSR count). The Morgan fingerprint density at radius 1 is 1.09 bits per heavy atom. The molecule has 1 aliphatic carbocycles. The molecule has 0 aromatic carbocycles. The minimum atomic E-state index is -0.430. The van der Waals surface area contributed by atoms with Crippen LogP contribution in [0, 0.1) is 37.0 Å². The topological polar surface area (TPSA) is 20.2 Å². The summed E-state index contributed by atoms with van der Waals surface area (Å²) in [5.74, 6) is 0.557. The van der Waals surface area contributed by atoms with Gasteiger partial charge in [-0.3, -0.25) is 0 Å². The second-order valence-electron chi connectivity index (χ2n) is 3.99. The molecule has 1 saturated carbocycles. The van der Waals surface area contributed by atoms with Gasteiger partial charge in [0.25, 0.3) is 0 Å². The van der Waals surface area contributed by atoms with E-state index >= 15 is 0 Å². The zero-order valence-corrected chi connectivity index (χ0v) is 11.7. The van der Waals surface area contributed by atoms with Gasteiger partial charge in [0.2, 0.25) is 0 Å². The van der Waals surface area contributed by atoms with Gasteiger partial charge in [0, 0.05) is 31.1 Å². The molecule has 0 spiro atoms. The van der Waals surface area contributed by atoms with Crippen LogP contribution in [0.15, 0.2) is 0 Å². The van der Waals surface area contributed by atoms with Crippen molar-refractivity contribution in [1.82, 2.24) is 0 Å². The van der Waals surface area contributed by atoms with Crippen LogP contribution < -0.4 is 0 Å². The van der Waals surface area contributed by atoms with E-state index in [2.05, 4.69) is 0 Å². The van der Waals surface area contributed by atoms with Gasteiger partial charge in [-0.05, 0) is 32.6 Å². The predicted molar refractivity (Wildman–Crippen MR) is 42.9 cm³/mol. The Morgan fingerprint density at radius 2 is 1.55 bits per heavy atom. The second-order valence-corrected chi connectivity index (χ2v) is 3.99. The molecule has 64 valence electrons. The minimum absolute atomic E-state index is 0. The van der Waals surface area contributed by atoms with Crippen LogP contribution in [0.5, 0.6) is 0 Å². The average molecular weight is 380 g/mol. The van der Waals surface area contributed by atoms with Crippen LogP contribution >= 0.6 is 0 Å². The molecule has 0 saturated heterocycles. The van der Waals surface area contributed by atoms with Crippen molar-refractivity contribution in [2.24, 2.45) is 5.92 Å². The Kier molecular flexibility index (Phi) is 5.35. The Bertz CT molecular complexity index is 101. The fourth-order valence-electron chi connectivity index (χ4n) is 1.81. The quantitative estimate of drug-likeness (QED) is 0.741. The van der Waals surface area contributed by atoms with Gasteiger partial charge in [-0.15, -0.1) is 0 Å². The van der Waals surface area contributed by atoms with Crippen LogP contribution in [-0.2, 0) is 0 Å². The smallest absolute Gasteiger partial charge is 0.0619 e. The third-order valence-corrected chi connectivity index (χ3v) is 2.60. The summed E-state index contributed by atoms with van der Waals surface area (Å²) in [6.45, 7) is 3.87. The van der Waals surface area contributed by atoms with E-state index in [1.165, 1.54) is 32.1 Å². The molecule has 0 bridgehead atoms. The summed E-state index contributed by atoms with van der Waals surface area (Å²) in [7, 11) is 0. The van der Waals surface area contributed by atoms with Gasteiger partial charge in [-0.2, -0.15) is 0 Å². The van der Waals surface area contributed by atoms with Gasteiger partial charge >= 0.3 is 0 Å². The Morgan fingerprint density at radius 3 is 1.82 bits per heavy atom. The second kappa shape index (κ2) is 4.90. The van der Waals surface area contributed by atoms with E-state index in [0.717, 1.165) is 0 Å². The van der Waals surface area contributed by atoms with Gasteiger partial charge in [0.15, 0.2) is 0 Å². The fraction of sp³-hybridized carbons (Fsp3) is 1.00. The third kappa shape index (κ3) is 3.97. The van der Waals surface area contributed by atoms with E-state index < -0.39 is 5.60 Å². The zero-order chi connectivity index (χ0) is 7.61. The van der Waals surface area contributed by atoms with Crippen molar-refractivity contribution in [2.45, 2.75) is 51.6 Å². The number of aliphatic hydroxyl groups is 1. The molecule has 0 aromatic rings. The molecule has 2 heteroatoms. The van der Waals surface area contributed by atoms with Gasteiger partial charge < -0.3 is 5.11 Å². The predicted octanol–water partition coefficient (Wildman–Crippen LogP) is 2.34. The third-order valence-electron chi connectivity index (χ3n) is 2.60. The first-order valence-corrected chi connectivity index (χ1v) is 4.33. The normalized spacial score (nSPS) is 21.0. The zero-order valence-electron chi connectivity index (χ0n) is 7.56. The molecular formula is C9H18OU. The summed E-state index contributed by atoms with van der Waals surface area (Å²) in [5.41, 5.74) is -0.430. The van der Waals surface area contributed by atoms with Crippen LogP contribution in [0.2, 0.25) is 0 Å². The van der Waals surface area contributed by atoms with Gasteiger partial charge in [0.1, 0.15) is 0 Å². The summed E-state index contributed by atoms with van der Waals surface area (Å²) in [4.78, 5) is 0. The number of hydrogen-bond donors (Lipinski definition) is 1. The first-order chi connectivity index (χ1) is 4.61. The molecule has 0 aromatic heterocycles. The van der Waals surface area contributed by atoms with Crippen molar-refractivity contribution in [3.63, 3.8) is 0 Å². The molecule has 1 fully saturated rings. The van der Waals surface area contributed by atoms with Crippen molar-refractivity contribution in [3.05, 3.63) is 0 Å². The molecule has 1 nitrogen and oxygen atoms in total. The summed E-state index contributed by atoms with van der Waals surface area (Å²) in [6.07, 6.45) is 6.45. The minimum Gasteiger partial charge on any atom is -0.390 e. The molecule has 0 atom stereocenters. The summed E-state index contributed by atoms with van der Waals surface area (Å²) >= 11 is 0. The molecule has 0 aliphatic heterocycles. The van der Waals surface area contributed by atoms with Crippen molar-refractivity contribution < 1.29 is 36.2 Å². The maximum absolute atomic E-state index is 9.64. The molecule has 0 unspecified atom stereocenters. The van der Waals surface area contributed by atoms with Crippen molar-refractivity contribution in [3.8, 4) is 0 Å². The fourth-order valence-corrected chi connectivity index (χ4v) is 1.81. The van der Waals surface area contributed by atoms with E-state index in [9.17, 15) is 5.11 Å². The largest absolute Gasteiger partial charge is 0.390 e. The van der Waals surface area contributed by atoms with Crippen molar-refractivity contribution in [2.75, 3.05) is 0 Å². The standard InChI is InChI=1S/C9H18O.U/c1-9(2,10)8-6-4-3-5-7-8;/h8,10H,3-7H2,1-2H3;. The number of hydrogen-bond acceptors (Lipinski definition) is 1. The van der Waals surface area contributed by atoms with Crippen molar-refractivity contribution in [1.29, 1.82) is 0 Å². The first-order valence-electron chi connectivity index (χ1n) is 4.33. The van der Waals surface area contributed by atoms with Gasteiger partial charge in [-0.25, -0.2) is 0 Å². The van der Waals surface area contributed by atoms with Crippen LogP contribution in [0.3, 0.4) is 0 Å². The average Bonchev–Trinajstić information content (AvgIpc) is 1.88. The van der Waals surface area contributed by atoms with E-state index in [4.69, 9.17) is 0 Å². The van der Waals surface area contributed by atoms with E-state index in [-0.39, 0.29) is 31.1 Å². The maximum Gasteiger partial charge on any atom is 0.0619 e. The van der Waals surface area contributed by atoms with Gasteiger partial charge in [-0.1, -0.05) is 19.3 Å². The van der Waals surface area contributed by atoms with Crippen LogP contribution in [0.25, 0.3) is 0 Å². The van der Waals surface area contributed by atoms with Gasteiger partial charge in [0.05, 0.1) is 5.60 Å². The molecular weight excluding hydrogens is 362 g/mol. The summed E-state index contributed by atoms with van der Waals surface area (Å²) in [5, 5.41) is 9.64. The van der Waals surface area contributed by atoms with E-state index in [1.807, 2.05) is 13.8 Å². The monoisotopic (exact) mass is 380 g/mol. The Hall–Kier alpha value is 1.01. The van der Waals surface area contributed by atoms with Crippen molar-refractivity contribution >= 4 is 0 Å². The molecule has 0 amide bonds.